The van der Waals surface area contributed by atoms with Crippen LogP contribution < -0.4 is 10.6 Å². The van der Waals surface area contributed by atoms with E-state index < -0.39 is 0 Å². The molecular weight excluding hydrogens is 398 g/mol. The second-order valence-electron chi connectivity index (χ2n) is 6.07. The zero-order chi connectivity index (χ0) is 17.6. The summed E-state index contributed by atoms with van der Waals surface area (Å²) in [5.74, 6) is -0.240. The van der Waals surface area contributed by atoms with Crippen molar-refractivity contribution in [3.05, 3.63) is 64.1 Å². The van der Waals surface area contributed by atoms with Gasteiger partial charge < -0.3 is 5.32 Å². The highest BCUT2D eigenvalue weighted by atomic mass is 79.9. The van der Waals surface area contributed by atoms with Crippen LogP contribution in [0.15, 0.2) is 53.0 Å². The summed E-state index contributed by atoms with van der Waals surface area (Å²) in [5, 5.41) is 6.04. The molecule has 0 bridgehead atoms. The average molecular weight is 418 g/mol. The molecule has 3 rings (SSSR count). The number of anilines is 1. The highest BCUT2D eigenvalue weighted by molar-refractivity contribution is 9.10. The maximum Gasteiger partial charge on any atom is 0.258 e. The van der Waals surface area contributed by atoms with E-state index in [1.54, 1.807) is 6.07 Å². The number of carbonyl (C=O) groups excluding carboxylic acids is 1. The fraction of sp³-hybridized carbons (Fsp3) is 0.263. The minimum absolute atomic E-state index is 0.240. The molecule has 1 aliphatic heterocycles. The number of amides is 1. The third-order valence-electron chi connectivity index (χ3n) is 4.16. The summed E-state index contributed by atoms with van der Waals surface area (Å²) >= 11 is 8.61. The molecule has 2 aromatic carbocycles. The van der Waals surface area contributed by atoms with Gasteiger partial charge >= 0.3 is 0 Å². The van der Waals surface area contributed by atoms with E-state index in [-0.39, 0.29) is 11.0 Å². The molecule has 1 heterocycles. The normalized spacial score (nSPS) is 14.3. The van der Waals surface area contributed by atoms with E-state index in [2.05, 4.69) is 43.6 Å². The number of halogens is 1. The minimum Gasteiger partial charge on any atom is -0.332 e. The number of nitrogens with one attached hydrogen (secondary N) is 2. The van der Waals surface area contributed by atoms with Gasteiger partial charge in [0.25, 0.3) is 5.91 Å². The first-order valence-electron chi connectivity index (χ1n) is 8.30. The molecule has 1 fully saturated rings. The van der Waals surface area contributed by atoms with E-state index in [9.17, 15) is 4.79 Å². The maximum atomic E-state index is 12.2. The number of thiocarbonyl (C=S) groups is 1. The largest absolute Gasteiger partial charge is 0.332 e. The van der Waals surface area contributed by atoms with Crippen molar-refractivity contribution in [2.75, 3.05) is 18.4 Å². The summed E-state index contributed by atoms with van der Waals surface area (Å²) in [6.45, 7) is 3.36. The lowest BCUT2D eigenvalue weighted by molar-refractivity contribution is 0.0977. The van der Waals surface area contributed by atoms with E-state index >= 15 is 0 Å². The van der Waals surface area contributed by atoms with Gasteiger partial charge in [0.1, 0.15) is 0 Å². The lowest BCUT2D eigenvalue weighted by Crippen LogP contribution is -2.34. The van der Waals surface area contributed by atoms with Crippen LogP contribution >= 0.6 is 28.1 Å². The van der Waals surface area contributed by atoms with Gasteiger partial charge in [-0.05, 0) is 83.9 Å². The highest BCUT2D eigenvalue weighted by Gasteiger charge is 2.12. The second-order valence-corrected chi connectivity index (χ2v) is 7.33. The van der Waals surface area contributed by atoms with E-state index in [1.165, 1.54) is 31.5 Å². The molecule has 4 nitrogen and oxygen atoms in total. The van der Waals surface area contributed by atoms with E-state index in [4.69, 9.17) is 12.2 Å². The van der Waals surface area contributed by atoms with E-state index in [1.807, 2.05) is 30.3 Å². The molecule has 1 amide bonds. The zero-order valence-electron chi connectivity index (χ0n) is 13.8. The van der Waals surface area contributed by atoms with Gasteiger partial charge in [0, 0.05) is 16.7 Å². The Morgan fingerprint density at radius 1 is 1.08 bits per heavy atom. The molecule has 130 valence electrons. The van der Waals surface area contributed by atoms with Crippen molar-refractivity contribution in [1.82, 2.24) is 10.2 Å². The Morgan fingerprint density at radius 2 is 1.76 bits per heavy atom. The van der Waals surface area contributed by atoms with Crippen molar-refractivity contribution in [3.8, 4) is 0 Å². The third-order valence-corrected chi connectivity index (χ3v) is 5.06. The average Bonchev–Trinajstić information content (AvgIpc) is 3.10. The van der Waals surface area contributed by atoms with Crippen molar-refractivity contribution >= 4 is 44.9 Å². The van der Waals surface area contributed by atoms with Gasteiger partial charge in [-0.1, -0.05) is 24.3 Å². The summed E-state index contributed by atoms with van der Waals surface area (Å²) in [6, 6.07) is 15.4. The van der Waals surface area contributed by atoms with Crippen LogP contribution in [0.5, 0.6) is 0 Å². The van der Waals surface area contributed by atoms with E-state index in [0.29, 0.717) is 5.56 Å². The molecule has 0 saturated carbocycles. The summed E-state index contributed by atoms with van der Waals surface area (Å²) in [4.78, 5) is 14.7. The maximum absolute atomic E-state index is 12.2. The highest BCUT2D eigenvalue weighted by Crippen LogP contribution is 2.17. The Kier molecular flexibility index (Phi) is 6.18. The fourth-order valence-electron chi connectivity index (χ4n) is 2.87. The van der Waals surface area contributed by atoms with Crippen LogP contribution in [0.25, 0.3) is 0 Å². The summed E-state index contributed by atoms with van der Waals surface area (Å²) < 4.78 is 0.738. The number of benzene rings is 2. The SMILES string of the molecule is O=C(NC(=S)Nc1ccc(CN2CCCC2)cc1)c1ccccc1Br. The first-order valence-corrected chi connectivity index (χ1v) is 9.50. The predicted molar refractivity (Wildman–Crippen MR) is 109 cm³/mol. The molecular formula is C19H20BrN3OS. The standard InChI is InChI=1S/C19H20BrN3OS/c20-17-6-2-1-5-16(17)18(24)22-19(25)21-15-9-7-14(8-10-15)13-23-11-3-4-12-23/h1-2,5-10H,3-4,11-13H2,(H2,21,22,24,25). The molecule has 1 aliphatic rings. The van der Waals surface area contributed by atoms with Crippen molar-refractivity contribution in [3.63, 3.8) is 0 Å². The molecule has 0 aromatic heterocycles. The molecule has 0 radical (unpaired) electrons. The Labute approximate surface area is 161 Å². The number of likely N-dealkylation sites (tertiary alicyclic amines) is 1. The van der Waals surface area contributed by atoms with Crippen LogP contribution in [-0.4, -0.2) is 29.0 Å². The molecule has 0 atom stereocenters. The van der Waals surface area contributed by atoms with Crippen LogP contribution in [0.3, 0.4) is 0 Å². The first-order chi connectivity index (χ1) is 12.1. The van der Waals surface area contributed by atoms with Gasteiger partial charge in [-0.3, -0.25) is 15.0 Å². The van der Waals surface area contributed by atoms with Gasteiger partial charge in [0.05, 0.1) is 5.56 Å². The predicted octanol–water partition coefficient (Wildman–Crippen LogP) is 4.17. The summed E-state index contributed by atoms with van der Waals surface area (Å²) in [7, 11) is 0. The Balaban J connectivity index is 1.54. The van der Waals surface area contributed by atoms with Gasteiger partial charge in [-0.2, -0.15) is 0 Å². The lowest BCUT2D eigenvalue weighted by Gasteiger charge is -2.15. The van der Waals surface area contributed by atoms with Crippen molar-refractivity contribution in [2.24, 2.45) is 0 Å². The number of carbonyl (C=O) groups is 1. The van der Waals surface area contributed by atoms with Gasteiger partial charge in [-0.15, -0.1) is 0 Å². The number of rotatable bonds is 4. The van der Waals surface area contributed by atoms with Crippen LogP contribution in [0.2, 0.25) is 0 Å². The molecule has 0 spiro atoms. The van der Waals surface area contributed by atoms with Crippen LogP contribution in [0, 0.1) is 0 Å². The van der Waals surface area contributed by atoms with Crippen molar-refractivity contribution in [2.45, 2.75) is 19.4 Å². The van der Waals surface area contributed by atoms with E-state index in [0.717, 1.165) is 16.7 Å². The lowest BCUT2D eigenvalue weighted by atomic mass is 10.2. The van der Waals surface area contributed by atoms with Gasteiger partial charge in [-0.25, -0.2) is 0 Å². The molecule has 25 heavy (non-hydrogen) atoms. The zero-order valence-corrected chi connectivity index (χ0v) is 16.2. The molecule has 2 aromatic rings. The monoisotopic (exact) mass is 417 g/mol. The number of hydrogen-bond donors (Lipinski definition) is 2. The quantitative estimate of drug-likeness (QED) is 0.732. The fourth-order valence-corrected chi connectivity index (χ4v) is 3.55. The van der Waals surface area contributed by atoms with Gasteiger partial charge in [0.2, 0.25) is 0 Å². The Bertz CT molecular complexity index is 758. The smallest absolute Gasteiger partial charge is 0.258 e. The van der Waals surface area contributed by atoms with Gasteiger partial charge in [0.15, 0.2) is 5.11 Å². The van der Waals surface area contributed by atoms with Crippen LogP contribution in [0.4, 0.5) is 5.69 Å². The molecule has 1 saturated heterocycles. The van der Waals surface area contributed by atoms with Crippen LogP contribution in [-0.2, 0) is 6.54 Å². The molecule has 6 heteroatoms. The summed E-state index contributed by atoms with van der Waals surface area (Å²) in [5.41, 5.74) is 2.70. The van der Waals surface area contributed by atoms with Crippen molar-refractivity contribution < 1.29 is 4.79 Å². The third kappa shape index (κ3) is 5.11. The number of hydrogen-bond acceptors (Lipinski definition) is 3. The molecule has 2 N–H and O–H groups in total. The van der Waals surface area contributed by atoms with Crippen LogP contribution in [0.1, 0.15) is 28.8 Å². The van der Waals surface area contributed by atoms with Crippen molar-refractivity contribution in [1.29, 1.82) is 0 Å². The second kappa shape index (κ2) is 8.56. The first kappa shape index (κ1) is 18.0. The molecule has 0 aliphatic carbocycles. The minimum atomic E-state index is -0.240. The topological polar surface area (TPSA) is 44.4 Å². The number of nitrogens with zero attached hydrogens (tertiary/aromatic N) is 1. The summed E-state index contributed by atoms with van der Waals surface area (Å²) in [6.07, 6.45) is 2.59. The molecule has 0 unspecified atom stereocenters. The Hall–Kier alpha value is -1.76. The Morgan fingerprint density at radius 3 is 2.44 bits per heavy atom.